The van der Waals surface area contributed by atoms with Gasteiger partial charge in [-0.1, -0.05) is 24.3 Å². The Morgan fingerprint density at radius 2 is 1.89 bits per heavy atom. The van der Waals surface area contributed by atoms with Gasteiger partial charge in [0.15, 0.2) is 0 Å². The number of piperidine rings is 1. The van der Waals surface area contributed by atoms with E-state index in [1.165, 1.54) is 37.1 Å². The lowest BCUT2D eigenvalue weighted by Crippen LogP contribution is -2.67. The zero-order valence-corrected chi connectivity index (χ0v) is 20.7. The predicted molar refractivity (Wildman–Crippen MR) is 135 cm³/mol. The molecule has 0 bridgehead atoms. The van der Waals surface area contributed by atoms with Gasteiger partial charge in [-0.15, -0.1) is 0 Å². The first kappa shape index (κ1) is 25.8. The normalized spacial score (nSPS) is 28.7. The lowest BCUT2D eigenvalue weighted by molar-refractivity contribution is -0.137. The number of phenolic OH excluding ortho intramolecular Hbond substituents is 1. The fraction of sp³-hybridized carbons (Fsp3) is 0.483. The van der Waals surface area contributed by atoms with E-state index in [0.29, 0.717) is 37.8 Å². The number of fused-ring (bicyclic) bond motifs is 1. The molecule has 8 heteroatoms. The first-order valence-electron chi connectivity index (χ1n) is 13.0. The third-order valence-electron chi connectivity index (χ3n) is 8.33. The van der Waals surface area contributed by atoms with Gasteiger partial charge in [0.2, 0.25) is 5.91 Å². The highest BCUT2D eigenvalue weighted by Gasteiger charge is 2.57. The SMILES string of the molecule is O=C(/C=C/c1cccc(C(F)(F)F)c1)NC1CCC2(O)CN(CC3CC3)CCC2(c2cccc(O)c2)C1. The molecule has 0 spiro atoms. The van der Waals surface area contributed by atoms with Crippen molar-refractivity contribution in [2.75, 3.05) is 19.6 Å². The lowest BCUT2D eigenvalue weighted by atomic mass is 9.55. The van der Waals surface area contributed by atoms with Crippen molar-refractivity contribution in [2.24, 2.45) is 5.92 Å². The summed E-state index contributed by atoms with van der Waals surface area (Å²) in [6, 6.07) is 11.7. The van der Waals surface area contributed by atoms with Gasteiger partial charge in [-0.2, -0.15) is 13.2 Å². The first-order chi connectivity index (χ1) is 17.6. The van der Waals surface area contributed by atoms with Crippen molar-refractivity contribution in [3.8, 4) is 5.75 Å². The van der Waals surface area contributed by atoms with Gasteiger partial charge < -0.3 is 20.4 Å². The van der Waals surface area contributed by atoms with E-state index in [-0.39, 0.29) is 17.7 Å². The standard InChI is InChI=1S/C29H33F3N2O3/c30-29(31,32)23-5-1-3-20(15-23)9-10-26(36)33-24-11-12-28(37)19-34(18-21-7-8-21)14-13-27(28,17-24)22-4-2-6-25(35)16-22/h1-6,9-10,15-16,21,24,35,37H,7-8,11-14,17-19H2,(H,33,36)/b10-9+. The molecule has 1 aliphatic heterocycles. The Balaban J connectivity index is 1.32. The summed E-state index contributed by atoms with van der Waals surface area (Å²) in [5.41, 5.74) is -1.19. The number of hydrogen-bond donors (Lipinski definition) is 3. The summed E-state index contributed by atoms with van der Waals surface area (Å²) in [5.74, 6) is 0.478. The summed E-state index contributed by atoms with van der Waals surface area (Å²) in [7, 11) is 0. The van der Waals surface area contributed by atoms with Crippen LogP contribution in [0.25, 0.3) is 6.08 Å². The average molecular weight is 515 g/mol. The molecular weight excluding hydrogens is 481 g/mol. The minimum atomic E-state index is -4.45. The number of aromatic hydroxyl groups is 1. The molecule has 1 heterocycles. The molecule has 198 valence electrons. The Morgan fingerprint density at radius 1 is 1.11 bits per heavy atom. The third-order valence-corrected chi connectivity index (χ3v) is 8.33. The summed E-state index contributed by atoms with van der Waals surface area (Å²) in [6.45, 7) is 2.40. The first-order valence-corrected chi connectivity index (χ1v) is 13.0. The van der Waals surface area contributed by atoms with E-state index in [9.17, 15) is 28.2 Å². The van der Waals surface area contributed by atoms with Crippen molar-refractivity contribution in [2.45, 2.75) is 61.8 Å². The maximum atomic E-state index is 13.0. The highest BCUT2D eigenvalue weighted by molar-refractivity contribution is 5.92. The number of alkyl halides is 3. The van der Waals surface area contributed by atoms with Crippen molar-refractivity contribution in [3.05, 3.63) is 71.3 Å². The summed E-state index contributed by atoms with van der Waals surface area (Å²) < 4.78 is 39.0. The molecule has 5 rings (SSSR count). The molecule has 2 aromatic rings. The van der Waals surface area contributed by atoms with Crippen molar-refractivity contribution >= 4 is 12.0 Å². The minimum absolute atomic E-state index is 0.143. The molecule has 1 amide bonds. The second-order valence-electron chi connectivity index (χ2n) is 11.0. The largest absolute Gasteiger partial charge is 0.508 e. The van der Waals surface area contributed by atoms with Crippen LogP contribution in [-0.4, -0.2) is 52.3 Å². The van der Waals surface area contributed by atoms with Crippen LogP contribution in [0.4, 0.5) is 13.2 Å². The third kappa shape index (κ3) is 5.55. The summed E-state index contributed by atoms with van der Waals surface area (Å²) >= 11 is 0. The number of aliphatic hydroxyl groups is 1. The van der Waals surface area contributed by atoms with E-state index in [0.717, 1.165) is 36.7 Å². The van der Waals surface area contributed by atoms with Crippen molar-refractivity contribution in [1.82, 2.24) is 10.2 Å². The molecule has 0 radical (unpaired) electrons. The number of nitrogens with zero attached hydrogens (tertiary/aromatic N) is 1. The van der Waals surface area contributed by atoms with E-state index in [2.05, 4.69) is 10.2 Å². The van der Waals surface area contributed by atoms with Crippen LogP contribution in [0.1, 0.15) is 55.2 Å². The smallest absolute Gasteiger partial charge is 0.416 e. The highest BCUT2D eigenvalue weighted by atomic mass is 19.4. The van der Waals surface area contributed by atoms with E-state index >= 15 is 0 Å². The monoisotopic (exact) mass is 514 g/mol. The van der Waals surface area contributed by atoms with E-state index in [1.807, 2.05) is 6.07 Å². The fourth-order valence-corrected chi connectivity index (χ4v) is 6.25. The van der Waals surface area contributed by atoms with Gasteiger partial charge >= 0.3 is 6.18 Å². The summed E-state index contributed by atoms with van der Waals surface area (Å²) in [6.07, 6.45) is 3.02. The molecular formula is C29H33F3N2O3. The summed E-state index contributed by atoms with van der Waals surface area (Å²) in [4.78, 5) is 15.1. The molecule has 2 saturated carbocycles. The number of nitrogens with one attached hydrogen (secondary N) is 1. The second kappa shape index (κ2) is 9.80. The van der Waals surface area contributed by atoms with Gasteiger partial charge in [0, 0.05) is 30.6 Å². The number of β-amino-alcohol motifs (C(OH)–C–C–N with tert-alkyl or cyclic N) is 1. The average Bonchev–Trinajstić information content (AvgIpc) is 3.67. The van der Waals surface area contributed by atoms with Gasteiger partial charge in [0.1, 0.15) is 5.75 Å². The predicted octanol–water partition coefficient (Wildman–Crippen LogP) is 4.88. The van der Waals surface area contributed by atoms with Crippen LogP contribution in [0.3, 0.4) is 0 Å². The van der Waals surface area contributed by atoms with Crippen LogP contribution in [-0.2, 0) is 16.4 Å². The Morgan fingerprint density at radius 3 is 2.62 bits per heavy atom. The molecule has 2 aromatic carbocycles. The van der Waals surface area contributed by atoms with E-state index in [4.69, 9.17) is 0 Å². The molecule has 1 saturated heterocycles. The maximum Gasteiger partial charge on any atom is 0.416 e. The Kier molecular flexibility index (Phi) is 6.83. The van der Waals surface area contributed by atoms with Crippen molar-refractivity contribution in [3.63, 3.8) is 0 Å². The number of likely N-dealkylation sites (tertiary alicyclic amines) is 1. The Bertz CT molecular complexity index is 1180. The van der Waals surface area contributed by atoms with Gasteiger partial charge in [-0.05, 0) is 92.5 Å². The number of amides is 1. The second-order valence-corrected chi connectivity index (χ2v) is 11.0. The minimum Gasteiger partial charge on any atom is -0.508 e. The van der Waals surface area contributed by atoms with Crippen molar-refractivity contribution < 1.29 is 28.2 Å². The number of carbonyl (C=O) groups excluding carboxylic acids is 1. The fourth-order valence-electron chi connectivity index (χ4n) is 6.25. The number of benzene rings is 2. The van der Waals surface area contributed by atoms with Crippen LogP contribution in [0, 0.1) is 5.92 Å². The summed E-state index contributed by atoms with van der Waals surface area (Å²) in [5, 5.41) is 25.3. The zero-order chi connectivity index (χ0) is 26.3. The van der Waals surface area contributed by atoms with Crippen LogP contribution in [0.2, 0.25) is 0 Å². The maximum absolute atomic E-state index is 13.0. The van der Waals surface area contributed by atoms with E-state index < -0.39 is 22.8 Å². The zero-order valence-electron chi connectivity index (χ0n) is 20.7. The highest BCUT2D eigenvalue weighted by Crippen LogP contribution is 2.52. The molecule has 2 aliphatic carbocycles. The molecule has 0 aromatic heterocycles. The van der Waals surface area contributed by atoms with E-state index in [1.54, 1.807) is 18.2 Å². The van der Waals surface area contributed by atoms with Gasteiger partial charge in [-0.25, -0.2) is 0 Å². The van der Waals surface area contributed by atoms with Crippen LogP contribution >= 0.6 is 0 Å². The van der Waals surface area contributed by atoms with Gasteiger partial charge in [0.05, 0.1) is 11.2 Å². The quantitative estimate of drug-likeness (QED) is 0.481. The van der Waals surface area contributed by atoms with Crippen molar-refractivity contribution in [1.29, 1.82) is 0 Å². The lowest BCUT2D eigenvalue weighted by Gasteiger charge is -2.58. The van der Waals surface area contributed by atoms with Crippen LogP contribution in [0.5, 0.6) is 5.75 Å². The molecule has 3 unspecified atom stereocenters. The van der Waals surface area contributed by atoms with Gasteiger partial charge in [0.25, 0.3) is 0 Å². The Hall–Kier alpha value is -2.84. The molecule has 3 N–H and O–H groups in total. The van der Waals surface area contributed by atoms with Crippen LogP contribution < -0.4 is 5.32 Å². The topological polar surface area (TPSA) is 72.8 Å². The van der Waals surface area contributed by atoms with Gasteiger partial charge in [-0.3, -0.25) is 4.79 Å². The Labute approximate surface area is 215 Å². The molecule has 3 fully saturated rings. The molecule has 3 aliphatic rings. The molecule has 5 nitrogen and oxygen atoms in total. The number of phenols is 1. The number of halogens is 3. The molecule has 3 atom stereocenters. The number of rotatable bonds is 6. The number of carbonyl (C=O) groups is 1. The molecule has 37 heavy (non-hydrogen) atoms. The van der Waals surface area contributed by atoms with Crippen LogP contribution in [0.15, 0.2) is 54.6 Å². The number of hydrogen-bond acceptors (Lipinski definition) is 4.